The molecule has 2 bridgehead atoms. The van der Waals surface area contributed by atoms with E-state index in [4.69, 9.17) is 24.0 Å². The van der Waals surface area contributed by atoms with Gasteiger partial charge in [0.2, 0.25) is 18.0 Å². The van der Waals surface area contributed by atoms with E-state index in [1.54, 1.807) is 4.90 Å². The Morgan fingerprint density at radius 3 is 2.55 bits per heavy atom. The van der Waals surface area contributed by atoms with Gasteiger partial charge in [0.1, 0.15) is 0 Å². The van der Waals surface area contributed by atoms with Gasteiger partial charge in [0.15, 0.2) is 11.9 Å². The molecule has 5 heterocycles. The Morgan fingerprint density at radius 1 is 1.03 bits per heavy atom. The first-order valence-electron chi connectivity index (χ1n) is 12.6. The highest BCUT2D eigenvalue weighted by atomic mass is 17.3. The van der Waals surface area contributed by atoms with Crippen molar-refractivity contribution in [3.63, 3.8) is 0 Å². The highest BCUT2D eigenvalue weighted by Crippen LogP contribution is 2.60. The van der Waals surface area contributed by atoms with E-state index < -0.39 is 29.9 Å². The molecule has 6 rings (SSSR count). The number of carbonyl (C=O) groups excluding carboxylic acids is 2. The van der Waals surface area contributed by atoms with E-state index >= 15 is 0 Å². The number of aliphatic hydroxyl groups excluding tert-OH is 1. The number of hydrogen-bond donors (Lipinski definition) is 1. The maximum Gasteiger partial charge on any atom is 0.308 e. The van der Waals surface area contributed by atoms with Crippen molar-refractivity contribution in [2.45, 2.75) is 102 Å². The van der Waals surface area contributed by atoms with Crippen molar-refractivity contribution in [2.24, 2.45) is 23.7 Å². The number of ether oxygens (including phenoxy) is 3. The monoisotopic (exact) mass is 467 g/mol. The fraction of sp³-hybridized carbons (Fsp3) is 0.917. The van der Waals surface area contributed by atoms with Crippen LogP contribution in [0.15, 0.2) is 0 Å². The van der Waals surface area contributed by atoms with Gasteiger partial charge < -0.3 is 24.2 Å². The quantitative estimate of drug-likeness (QED) is 0.497. The lowest BCUT2D eigenvalue weighted by Gasteiger charge is -2.59. The number of piperidine rings is 1. The van der Waals surface area contributed by atoms with Crippen molar-refractivity contribution in [3.8, 4) is 0 Å². The molecule has 1 spiro atoms. The number of nitrogens with zero attached hydrogens (tertiary/aromatic N) is 1. The number of carbonyl (C=O) groups is 2. The summed E-state index contributed by atoms with van der Waals surface area (Å²) in [6, 6.07) is 0. The second kappa shape index (κ2) is 8.75. The van der Waals surface area contributed by atoms with Gasteiger partial charge in [0.05, 0.1) is 12.5 Å². The third-order valence-corrected chi connectivity index (χ3v) is 8.70. The van der Waals surface area contributed by atoms with E-state index in [0.717, 1.165) is 25.7 Å². The summed E-state index contributed by atoms with van der Waals surface area (Å²) in [6.07, 6.45) is 3.19. The number of likely N-dealkylation sites (tertiary alicyclic amines) is 1. The van der Waals surface area contributed by atoms with Crippen LogP contribution in [0.4, 0.5) is 0 Å². The highest BCUT2D eigenvalue weighted by Gasteiger charge is 2.69. The molecule has 1 aliphatic carbocycles. The molecule has 6 aliphatic rings. The Labute approximate surface area is 194 Å². The minimum atomic E-state index is -0.874. The average molecular weight is 468 g/mol. The van der Waals surface area contributed by atoms with Crippen molar-refractivity contribution in [1.29, 1.82) is 0 Å². The Morgan fingerprint density at radius 2 is 1.79 bits per heavy atom. The van der Waals surface area contributed by atoms with Gasteiger partial charge in [0.25, 0.3) is 0 Å². The third kappa shape index (κ3) is 4.10. The molecule has 9 heteroatoms. The Balaban J connectivity index is 1.24. The van der Waals surface area contributed by atoms with E-state index in [1.165, 1.54) is 0 Å². The van der Waals surface area contributed by atoms with Crippen molar-refractivity contribution in [2.75, 3.05) is 13.1 Å². The predicted molar refractivity (Wildman–Crippen MR) is 114 cm³/mol. The van der Waals surface area contributed by atoms with E-state index in [9.17, 15) is 14.7 Å². The smallest absolute Gasteiger partial charge is 0.308 e. The SMILES string of the molecule is C[C@H]1[C@H](OC(=O)CCC(=O)N2CCC(O)CC2)O[C@@H]2O[C@@]3(C)CC[C@H]4[C@H](C)CC[C@H]1[C@@]24OO3. The van der Waals surface area contributed by atoms with Gasteiger partial charge in [-0.3, -0.25) is 9.59 Å². The van der Waals surface area contributed by atoms with Crippen molar-refractivity contribution < 1.29 is 38.7 Å². The number of fused-ring (bicyclic) bond motifs is 2. The molecule has 6 fully saturated rings. The zero-order valence-electron chi connectivity index (χ0n) is 19.9. The summed E-state index contributed by atoms with van der Waals surface area (Å²) < 4.78 is 18.3. The van der Waals surface area contributed by atoms with Crippen LogP contribution in [-0.4, -0.2) is 65.0 Å². The van der Waals surface area contributed by atoms with Gasteiger partial charge in [-0.05, 0) is 50.9 Å². The van der Waals surface area contributed by atoms with Crippen LogP contribution < -0.4 is 0 Å². The summed E-state index contributed by atoms with van der Waals surface area (Å²) in [5.74, 6) is -0.688. The second-order valence-electron chi connectivity index (χ2n) is 10.9. The van der Waals surface area contributed by atoms with Crippen LogP contribution in [0.1, 0.15) is 72.1 Å². The standard InChI is InChI=1S/C24H37NO8/c1-14-4-5-18-15(2)21(29-20(28)7-6-19(27)25-12-9-16(26)10-13-25)30-22-24(18)17(14)8-11-23(3,31-22)32-33-24/h14-18,21-22,26H,4-13H2,1-3H3/t14-,15-,17+,18-,21-,22-,23-,24-/m1/s1. The van der Waals surface area contributed by atoms with Gasteiger partial charge in [-0.25, -0.2) is 9.78 Å². The highest BCUT2D eigenvalue weighted by molar-refractivity contribution is 5.81. The minimum absolute atomic E-state index is 0.00276. The first-order valence-corrected chi connectivity index (χ1v) is 12.6. The number of rotatable bonds is 4. The average Bonchev–Trinajstić information content (AvgIpc) is 3.02. The normalized spacial score (nSPS) is 45.3. The largest absolute Gasteiger partial charge is 0.435 e. The number of esters is 1. The van der Waals surface area contributed by atoms with Gasteiger partial charge in [0, 0.05) is 37.8 Å². The van der Waals surface area contributed by atoms with Crippen LogP contribution in [0.5, 0.6) is 0 Å². The summed E-state index contributed by atoms with van der Waals surface area (Å²) in [6.45, 7) is 7.22. The van der Waals surface area contributed by atoms with Crippen LogP contribution in [0.2, 0.25) is 0 Å². The molecule has 5 aliphatic heterocycles. The maximum atomic E-state index is 12.7. The van der Waals surface area contributed by atoms with Crippen molar-refractivity contribution in [1.82, 2.24) is 4.90 Å². The maximum absolute atomic E-state index is 12.7. The summed E-state index contributed by atoms with van der Waals surface area (Å²) in [7, 11) is 0. The summed E-state index contributed by atoms with van der Waals surface area (Å²) in [5.41, 5.74) is -0.690. The second-order valence-corrected chi connectivity index (χ2v) is 10.9. The molecule has 1 saturated carbocycles. The molecule has 33 heavy (non-hydrogen) atoms. The zero-order chi connectivity index (χ0) is 23.4. The molecule has 0 radical (unpaired) electrons. The molecule has 186 valence electrons. The number of amides is 1. The lowest BCUT2D eigenvalue weighted by molar-refractivity contribution is -0.576. The molecular weight excluding hydrogens is 430 g/mol. The lowest BCUT2D eigenvalue weighted by Crippen LogP contribution is -2.70. The molecule has 1 amide bonds. The summed E-state index contributed by atoms with van der Waals surface area (Å²) in [4.78, 5) is 38.7. The van der Waals surface area contributed by atoms with Crippen LogP contribution in [-0.2, 0) is 33.6 Å². The van der Waals surface area contributed by atoms with E-state index in [-0.39, 0.29) is 42.6 Å². The number of aliphatic hydroxyl groups is 1. The van der Waals surface area contributed by atoms with E-state index in [2.05, 4.69) is 6.92 Å². The molecular formula is C24H37NO8. The minimum Gasteiger partial charge on any atom is -0.435 e. The van der Waals surface area contributed by atoms with Crippen LogP contribution >= 0.6 is 0 Å². The third-order valence-electron chi connectivity index (χ3n) is 8.70. The first kappa shape index (κ1) is 23.5. The molecule has 0 aromatic carbocycles. The zero-order valence-corrected chi connectivity index (χ0v) is 19.9. The first-order chi connectivity index (χ1) is 15.7. The molecule has 0 unspecified atom stereocenters. The molecule has 1 N–H and O–H groups in total. The summed E-state index contributed by atoms with van der Waals surface area (Å²) >= 11 is 0. The molecule has 5 saturated heterocycles. The van der Waals surface area contributed by atoms with Crippen molar-refractivity contribution in [3.05, 3.63) is 0 Å². The molecule has 0 aromatic heterocycles. The van der Waals surface area contributed by atoms with Gasteiger partial charge in [-0.2, -0.15) is 0 Å². The fourth-order valence-electron chi connectivity index (χ4n) is 6.68. The van der Waals surface area contributed by atoms with Crippen molar-refractivity contribution >= 4 is 11.9 Å². The van der Waals surface area contributed by atoms with Gasteiger partial charge in [-0.1, -0.05) is 13.8 Å². The number of hydrogen-bond acceptors (Lipinski definition) is 8. The van der Waals surface area contributed by atoms with Crippen LogP contribution in [0, 0.1) is 23.7 Å². The van der Waals surface area contributed by atoms with Gasteiger partial charge >= 0.3 is 5.97 Å². The molecule has 8 atom stereocenters. The lowest BCUT2D eigenvalue weighted by atomic mass is 9.58. The predicted octanol–water partition coefficient (Wildman–Crippen LogP) is 2.50. The van der Waals surface area contributed by atoms with Crippen LogP contribution in [0.3, 0.4) is 0 Å². The Kier molecular flexibility index (Phi) is 6.23. The molecule has 0 aromatic rings. The Bertz CT molecular complexity index is 770. The van der Waals surface area contributed by atoms with E-state index in [1.807, 2.05) is 13.8 Å². The van der Waals surface area contributed by atoms with Gasteiger partial charge in [-0.15, -0.1) is 0 Å². The fourth-order valence-corrected chi connectivity index (χ4v) is 6.68. The van der Waals surface area contributed by atoms with Crippen LogP contribution in [0.25, 0.3) is 0 Å². The topological polar surface area (TPSA) is 104 Å². The summed E-state index contributed by atoms with van der Waals surface area (Å²) in [5, 5.41) is 9.61. The Hall–Kier alpha value is -1.26. The molecule has 9 nitrogen and oxygen atoms in total. The van der Waals surface area contributed by atoms with E-state index in [0.29, 0.717) is 31.8 Å².